The highest BCUT2D eigenvalue weighted by Crippen LogP contribution is 2.42. The summed E-state index contributed by atoms with van der Waals surface area (Å²) in [5.41, 5.74) is 10.3. The highest BCUT2D eigenvalue weighted by atomic mass is 32.1. The van der Waals surface area contributed by atoms with Crippen LogP contribution < -0.4 is 0 Å². The first-order valence-corrected chi connectivity index (χ1v) is 19.2. The van der Waals surface area contributed by atoms with E-state index in [1.807, 2.05) is 91.0 Å². The Labute approximate surface area is 325 Å². The lowest BCUT2D eigenvalue weighted by atomic mass is 10.0. The van der Waals surface area contributed by atoms with Gasteiger partial charge >= 0.3 is 0 Å². The van der Waals surface area contributed by atoms with Gasteiger partial charge in [-0.25, -0.2) is 24.9 Å². The fourth-order valence-electron chi connectivity index (χ4n) is 7.47. The molecule has 6 nitrogen and oxygen atoms in total. The van der Waals surface area contributed by atoms with Crippen LogP contribution in [0.3, 0.4) is 0 Å². The Morgan fingerprint density at radius 1 is 0.375 bits per heavy atom. The molecule has 0 unspecified atom stereocenters. The second-order valence-corrected chi connectivity index (χ2v) is 14.7. The van der Waals surface area contributed by atoms with Crippen molar-refractivity contribution >= 4 is 53.6 Å². The molecule has 0 aliphatic carbocycles. The Hall–Kier alpha value is -7.35. The number of hydrogen-bond donors (Lipinski definition) is 0. The molecule has 0 bridgehead atoms. The minimum absolute atomic E-state index is 0.569. The molecule has 0 saturated carbocycles. The van der Waals surface area contributed by atoms with Gasteiger partial charge in [0.15, 0.2) is 23.3 Å². The van der Waals surface area contributed by atoms with Gasteiger partial charge in [-0.15, -0.1) is 11.3 Å². The molecule has 7 aromatic carbocycles. The molecule has 4 heterocycles. The molecule has 0 amide bonds. The van der Waals surface area contributed by atoms with Crippen molar-refractivity contribution < 1.29 is 4.42 Å². The van der Waals surface area contributed by atoms with Gasteiger partial charge in [0.05, 0.1) is 15.9 Å². The van der Waals surface area contributed by atoms with Gasteiger partial charge in [-0.1, -0.05) is 140 Å². The molecular weight excluding hydrogens is 707 g/mol. The summed E-state index contributed by atoms with van der Waals surface area (Å²) < 4.78 is 8.73. The van der Waals surface area contributed by atoms with Crippen LogP contribution in [0.4, 0.5) is 0 Å². The van der Waals surface area contributed by atoms with Crippen LogP contribution in [0.25, 0.3) is 110 Å². The summed E-state index contributed by atoms with van der Waals surface area (Å²) in [7, 11) is 0. The summed E-state index contributed by atoms with van der Waals surface area (Å²) in [6.45, 7) is 0. The van der Waals surface area contributed by atoms with Crippen LogP contribution in [-0.4, -0.2) is 24.9 Å². The molecule has 262 valence electrons. The van der Waals surface area contributed by atoms with Gasteiger partial charge in [0, 0.05) is 48.7 Å². The Bertz CT molecular complexity index is 3190. The van der Waals surface area contributed by atoms with Gasteiger partial charge in [0.25, 0.3) is 0 Å². The summed E-state index contributed by atoms with van der Waals surface area (Å²) in [6.07, 6.45) is 0. The highest BCUT2D eigenvalue weighted by Gasteiger charge is 2.21. The van der Waals surface area contributed by atoms with E-state index in [2.05, 4.69) is 84.9 Å². The van der Waals surface area contributed by atoms with E-state index in [0.717, 1.165) is 82.2 Å². The molecular formula is C49H29N5OS. The van der Waals surface area contributed by atoms with E-state index >= 15 is 0 Å². The maximum Gasteiger partial charge on any atom is 0.164 e. The normalized spacial score (nSPS) is 11.6. The number of nitrogens with zero attached hydrogens (tertiary/aromatic N) is 5. The topological polar surface area (TPSA) is 77.6 Å². The predicted octanol–water partition coefficient (Wildman–Crippen LogP) is 12.9. The molecule has 4 aromatic heterocycles. The number of rotatable bonds is 6. The lowest BCUT2D eigenvalue weighted by Gasteiger charge is -2.10. The van der Waals surface area contributed by atoms with Gasteiger partial charge in [-0.05, 0) is 47.5 Å². The SMILES string of the molecule is c1ccc(-c2cccc(-c3nc(-c4ccc5oc6cccc(-c7nc(-c8ccccc8)nc(-c8ccccc8)n7)c6c5c4)nc4c3sc3ccccc34)c2)cc1. The zero-order valence-corrected chi connectivity index (χ0v) is 30.6. The number of hydrogen-bond acceptors (Lipinski definition) is 7. The average molecular weight is 736 g/mol. The van der Waals surface area contributed by atoms with E-state index in [1.165, 1.54) is 4.70 Å². The van der Waals surface area contributed by atoms with E-state index in [4.69, 9.17) is 29.3 Å². The van der Waals surface area contributed by atoms with E-state index in [1.54, 1.807) is 11.3 Å². The van der Waals surface area contributed by atoms with Crippen molar-refractivity contribution in [3.8, 4) is 67.9 Å². The molecule has 11 aromatic rings. The predicted molar refractivity (Wildman–Crippen MR) is 228 cm³/mol. The Morgan fingerprint density at radius 3 is 1.73 bits per heavy atom. The number of aromatic nitrogens is 5. The molecule has 0 N–H and O–H groups in total. The van der Waals surface area contributed by atoms with Crippen molar-refractivity contribution in [1.29, 1.82) is 0 Å². The number of thiophene rings is 1. The third kappa shape index (κ3) is 5.52. The molecule has 11 rings (SSSR count). The number of furan rings is 1. The van der Waals surface area contributed by atoms with Crippen LogP contribution in [0, 0.1) is 0 Å². The Kier molecular flexibility index (Phi) is 7.57. The van der Waals surface area contributed by atoms with Crippen molar-refractivity contribution in [1.82, 2.24) is 24.9 Å². The fourth-order valence-corrected chi connectivity index (χ4v) is 8.63. The van der Waals surface area contributed by atoms with Gasteiger partial charge in [0.2, 0.25) is 0 Å². The molecule has 0 radical (unpaired) electrons. The summed E-state index contributed by atoms with van der Waals surface area (Å²) in [5.74, 6) is 2.43. The van der Waals surface area contributed by atoms with Gasteiger partial charge in [-0.3, -0.25) is 0 Å². The maximum absolute atomic E-state index is 6.49. The standard InChI is InChI=1S/C49H29N5OS/c1-4-14-30(15-5-1)33-20-12-21-34(28-33)43-45-44(36-22-10-11-25-41(36)56-45)51-48(50-43)35-26-27-39-38(29-35)42-37(23-13-24-40(42)55-39)49-53-46(31-16-6-2-7-17-31)52-47(54-49)32-18-8-3-9-19-32/h1-29H. The summed E-state index contributed by atoms with van der Waals surface area (Å²) in [5, 5.41) is 2.97. The van der Waals surface area contributed by atoms with Gasteiger partial charge in [-0.2, -0.15) is 0 Å². The molecule has 0 atom stereocenters. The average Bonchev–Trinajstić information content (AvgIpc) is 3.85. The molecule has 7 heteroatoms. The van der Waals surface area contributed by atoms with E-state index in [0.29, 0.717) is 23.3 Å². The van der Waals surface area contributed by atoms with Crippen LogP contribution >= 0.6 is 11.3 Å². The summed E-state index contributed by atoms with van der Waals surface area (Å²) >= 11 is 1.73. The van der Waals surface area contributed by atoms with Gasteiger partial charge in [0.1, 0.15) is 11.2 Å². The van der Waals surface area contributed by atoms with E-state index < -0.39 is 0 Å². The number of fused-ring (bicyclic) bond motifs is 6. The first-order valence-electron chi connectivity index (χ1n) is 18.4. The lowest BCUT2D eigenvalue weighted by Crippen LogP contribution is -2.00. The first kappa shape index (κ1) is 32.1. The van der Waals surface area contributed by atoms with Crippen molar-refractivity contribution in [2.24, 2.45) is 0 Å². The van der Waals surface area contributed by atoms with Crippen molar-refractivity contribution in [3.05, 3.63) is 176 Å². The van der Waals surface area contributed by atoms with Crippen LogP contribution in [0.1, 0.15) is 0 Å². The highest BCUT2D eigenvalue weighted by molar-refractivity contribution is 7.26. The minimum Gasteiger partial charge on any atom is -0.456 e. The monoisotopic (exact) mass is 735 g/mol. The Balaban J connectivity index is 1.12. The fraction of sp³-hybridized carbons (Fsp3) is 0. The molecule has 0 aliphatic heterocycles. The van der Waals surface area contributed by atoms with Crippen LogP contribution in [-0.2, 0) is 0 Å². The first-order chi connectivity index (χ1) is 27.7. The second-order valence-electron chi connectivity index (χ2n) is 13.6. The van der Waals surface area contributed by atoms with E-state index in [-0.39, 0.29) is 0 Å². The van der Waals surface area contributed by atoms with Gasteiger partial charge < -0.3 is 4.42 Å². The van der Waals surface area contributed by atoms with E-state index in [9.17, 15) is 0 Å². The quantitative estimate of drug-likeness (QED) is 0.169. The summed E-state index contributed by atoms with van der Waals surface area (Å²) in [6, 6.07) is 59.9. The van der Waals surface area contributed by atoms with Crippen molar-refractivity contribution in [2.45, 2.75) is 0 Å². The molecule has 0 spiro atoms. The maximum atomic E-state index is 6.49. The zero-order valence-electron chi connectivity index (χ0n) is 29.8. The van der Waals surface area contributed by atoms with Crippen LogP contribution in [0.2, 0.25) is 0 Å². The molecule has 0 saturated heterocycles. The smallest absolute Gasteiger partial charge is 0.164 e. The molecule has 0 fully saturated rings. The molecule has 56 heavy (non-hydrogen) atoms. The third-order valence-corrected chi connectivity index (χ3v) is 11.3. The lowest BCUT2D eigenvalue weighted by molar-refractivity contribution is 0.669. The van der Waals surface area contributed by atoms with Crippen LogP contribution in [0.15, 0.2) is 180 Å². The van der Waals surface area contributed by atoms with Crippen molar-refractivity contribution in [3.63, 3.8) is 0 Å². The largest absolute Gasteiger partial charge is 0.456 e. The Morgan fingerprint density at radius 2 is 0.982 bits per heavy atom. The van der Waals surface area contributed by atoms with Crippen LogP contribution in [0.5, 0.6) is 0 Å². The number of benzene rings is 7. The second kappa shape index (κ2) is 13.2. The molecule has 0 aliphatic rings. The zero-order chi connectivity index (χ0) is 37.0. The minimum atomic E-state index is 0.569. The third-order valence-electron chi connectivity index (χ3n) is 10.2. The summed E-state index contributed by atoms with van der Waals surface area (Å²) in [4.78, 5) is 25.7. The van der Waals surface area contributed by atoms with Crippen molar-refractivity contribution in [2.75, 3.05) is 0 Å².